The van der Waals surface area contributed by atoms with E-state index < -0.39 is 34.9 Å². The Morgan fingerprint density at radius 3 is 0.934 bits per heavy atom. The zero-order valence-corrected chi connectivity index (χ0v) is 42.2. The molecular weight excluding hydrogens is 808 g/mol. The lowest BCUT2D eigenvalue weighted by molar-refractivity contribution is -0.168. The monoisotopic (exact) mass is 895 g/mol. The van der Waals surface area contributed by atoms with Crippen molar-refractivity contribution in [2.75, 3.05) is 84.8 Å². The minimum absolute atomic E-state index is 0.0833. The summed E-state index contributed by atoms with van der Waals surface area (Å²) in [5, 5.41) is 0. The number of carbonyl (C=O) groups excluding carboxylic acids is 8. The lowest BCUT2D eigenvalue weighted by Crippen LogP contribution is -2.37. The minimum atomic E-state index is -1.16. The average molecular weight is 895 g/mol. The number of esters is 8. The van der Waals surface area contributed by atoms with Crippen LogP contribution < -0.4 is 0 Å². The van der Waals surface area contributed by atoms with Gasteiger partial charge in [-0.25, -0.2) is 4.79 Å². The first kappa shape index (κ1) is 77.3. The Balaban J connectivity index is -0.0000000736. The molecule has 0 unspecified atom stereocenters. The molecule has 0 aliphatic rings. The van der Waals surface area contributed by atoms with E-state index in [0.29, 0.717) is 25.7 Å². The van der Waals surface area contributed by atoms with Gasteiger partial charge in [0, 0.05) is 55.1 Å². The predicted molar refractivity (Wildman–Crippen MR) is 231 cm³/mol. The zero-order chi connectivity index (χ0) is 50.8. The second-order valence-corrected chi connectivity index (χ2v) is 12.4. The van der Waals surface area contributed by atoms with Gasteiger partial charge in [-0.2, -0.15) is 0 Å². The van der Waals surface area contributed by atoms with Crippen molar-refractivity contribution >= 4 is 47.8 Å². The summed E-state index contributed by atoms with van der Waals surface area (Å²) in [4.78, 5) is 83.0. The third kappa shape index (κ3) is 67.7. The Morgan fingerprint density at radius 2 is 0.787 bits per heavy atom. The third-order valence-corrected chi connectivity index (χ3v) is 6.84. The van der Waals surface area contributed by atoms with Crippen LogP contribution in [0.25, 0.3) is 0 Å². The average Bonchev–Trinajstić information content (AvgIpc) is 3.26. The van der Waals surface area contributed by atoms with Gasteiger partial charge in [0.2, 0.25) is 0 Å². The third-order valence-electron chi connectivity index (χ3n) is 6.84. The van der Waals surface area contributed by atoms with Crippen molar-refractivity contribution in [2.24, 2.45) is 5.41 Å². The van der Waals surface area contributed by atoms with Crippen LogP contribution in [0.3, 0.4) is 0 Å². The highest BCUT2D eigenvalue weighted by Gasteiger charge is 2.41. The number of ether oxygens (including phenoxy) is 11. The highest BCUT2D eigenvalue weighted by Crippen LogP contribution is 2.24. The summed E-state index contributed by atoms with van der Waals surface area (Å²) in [6, 6.07) is 0. The van der Waals surface area contributed by atoms with Gasteiger partial charge in [0.1, 0.15) is 0 Å². The molecule has 0 spiro atoms. The highest BCUT2D eigenvalue weighted by molar-refractivity contribution is 5.99. The molecule has 0 aliphatic heterocycles. The normalized spacial score (nSPS) is 9.18. The molecule has 0 aromatic heterocycles. The molecule has 0 amide bonds. The van der Waals surface area contributed by atoms with Crippen LogP contribution in [0, 0.1) is 5.41 Å². The number of rotatable bonds is 13. The fraction of sp³-hybridized carbons (Fsp3) is 0.810. The van der Waals surface area contributed by atoms with Gasteiger partial charge in [-0.3, -0.25) is 33.6 Å². The number of hydrogen-bond acceptors (Lipinski definition) is 19. The Morgan fingerprint density at radius 1 is 0.443 bits per heavy atom. The molecule has 61 heavy (non-hydrogen) atoms. The molecule has 0 saturated heterocycles. The van der Waals surface area contributed by atoms with Gasteiger partial charge in [-0.05, 0) is 53.9 Å². The van der Waals surface area contributed by atoms with E-state index in [1.165, 1.54) is 70.5 Å². The maximum atomic E-state index is 11.1. The van der Waals surface area contributed by atoms with E-state index in [-0.39, 0.29) is 36.1 Å². The maximum Gasteiger partial charge on any atom is 0.344 e. The summed E-state index contributed by atoms with van der Waals surface area (Å²) < 4.78 is 49.0. The summed E-state index contributed by atoms with van der Waals surface area (Å²) in [5.74, 6) is -2.92. The first-order chi connectivity index (χ1) is 28.1. The largest absolute Gasteiger partial charge is 0.469 e. The molecule has 0 aromatic carbocycles. The van der Waals surface area contributed by atoms with Gasteiger partial charge in [0.15, 0.2) is 12.0 Å². The Kier molecular flexibility index (Phi) is 68.0. The van der Waals surface area contributed by atoms with Crippen molar-refractivity contribution < 1.29 is 90.5 Å². The molecule has 0 rings (SSSR count). The van der Waals surface area contributed by atoms with Crippen LogP contribution in [-0.2, 0) is 90.5 Å². The number of hydrogen-bond donors (Lipinski definition) is 0. The lowest BCUT2D eigenvalue weighted by Gasteiger charge is -2.21. The quantitative estimate of drug-likeness (QED) is 0.113. The van der Waals surface area contributed by atoms with Gasteiger partial charge >= 0.3 is 47.8 Å². The lowest BCUT2D eigenvalue weighted by atomic mass is 9.88. The van der Waals surface area contributed by atoms with Gasteiger partial charge in [-0.1, -0.05) is 41.5 Å². The van der Waals surface area contributed by atoms with E-state index in [1.807, 2.05) is 34.6 Å². The first-order valence-corrected chi connectivity index (χ1v) is 19.3. The molecule has 0 radical (unpaired) electrons. The van der Waals surface area contributed by atoms with Crippen LogP contribution in [0.15, 0.2) is 0 Å². The summed E-state index contributed by atoms with van der Waals surface area (Å²) in [6.45, 7) is 23.2. The fourth-order valence-corrected chi connectivity index (χ4v) is 2.13. The number of methoxy groups -OCH3 is 10. The molecule has 0 fully saturated rings. The summed E-state index contributed by atoms with van der Waals surface area (Å²) in [5.41, 5.74) is -1.49. The van der Waals surface area contributed by atoms with Crippen molar-refractivity contribution in [1.82, 2.24) is 0 Å². The van der Waals surface area contributed by atoms with Crippen molar-refractivity contribution in [2.45, 2.75) is 140 Å². The maximum absolute atomic E-state index is 11.1. The van der Waals surface area contributed by atoms with Crippen LogP contribution in [-0.4, -0.2) is 144 Å². The molecule has 19 heteroatoms. The predicted octanol–water partition coefficient (Wildman–Crippen LogP) is 6.26. The van der Waals surface area contributed by atoms with Crippen LogP contribution >= 0.6 is 0 Å². The molecule has 0 aromatic rings. The van der Waals surface area contributed by atoms with E-state index >= 15 is 0 Å². The van der Waals surface area contributed by atoms with Gasteiger partial charge in [-0.15, -0.1) is 0 Å². The van der Waals surface area contributed by atoms with Crippen molar-refractivity contribution in [3.63, 3.8) is 0 Å². The van der Waals surface area contributed by atoms with Crippen molar-refractivity contribution in [3.8, 4) is 0 Å². The summed E-state index contributed by atoms with van der Waals surface area (Å²) >= 11 is 0. The van der Waals surface area contributed by atoms with E-state index in [4.69, 9.17) is 9.47 Å². The van der Waals surface area contributed by atoms with E-state index in [9.17, 15) is 38.4 Å². The number of carbonyl (C=O) groups is 8. The van der Waals surface area contributed by atoms with Crippen LogP contribution in [0.5, 0.6) is 0 Å². The minimum Gasteiger partial charge on any atom is -0.469 e. The Bertz CT molecular complexity index is 1060. The van der Waals surface area contributed by atoms with Crippen LogP contribution in [0.2, 0.25) is 0 Å². The molecule has 0 saturated carbocycles. The molecule has 0 atom stereocenters. The van der Waals surface area contributed by atoms with Gasteiger partial charge < -0.3 is 52.1 Å². The first-order valence-electron chi connectivity index (χ1n) is 19.3. The highest BCUT2D eigenvalue weighted by atomic mass is 16.6. The van der Waals surface area contributed by atoms with Crippen LogP contribution in [0.4, 0.5) is 0 Å². The molecular formula is C42H86O19. The van der Waals surface area contributed by atoms with Gasteiger partial charge in [0.05, 0.1) is 67.4 Å². The standard InChI is InChI=1S/C8H14O4.C7H14O3.C6H14O.C5H8O4.C5H10O2.C4H8O2.C3H6O2.C2H6O.C2H6/c1-5-8(2,6(9)11-3)7(10)12-4;1-7(2,10-4)5-6(8)9-3;1-5-6(2,3)7-4;1-4(6)9-3-5(7)8-2;1-3-4-5(6)7-2;1-3-4(5)6-2;1-3(4)5-2;1-3-2;1-2/h5H2,1-4H3;5H2,1-4H3;5H2,1-4H3;3H2,1-2H3;3-4H2,1-2H3;3H2,1-2H3;1-2H3;1-2H3;1-2H3. The summed E-state index contributed by atoms with van der Waals surface area (Å²) in [7, 11) is 15.8. The molecule has 0 aliphatic carbocycles. The van der Waals surface area contributed by atoms with Crippen molar-refractivity contribution in [1.29, 1.82) is 0 Å². The Labute approximate surface area is 367 Å². The van der Waals surface area contributed by atoms with Crippen molar-refractivity contribution in [3.05, 3.63) is 0 Å². The SMILES string of the molecule is CC.CCC(=O)OC.CCC(C)(C(=O)OC)C(=O)OC.CCC(C)(C)OC.CCCC(=O)OC.COC.COC(=O)CC(C)(C)OC.COC(=O)COC(C)=O.COC(C)=O. The topological polar surface area (TPSA) is 238 Å². The van der Waals surface area contributed by atoms with Crippen LogP contribution in [0.1, 0.15) is 129 Å². The molecule has 368 valence electrons. The molecule has 0 N–H and O–H groups in total. The fourth-order valence-electron chi connectivity index (χ4n) is 2.13. The molecule has 0 bridgehead atoms. The molecule has 0 heterocycles. The second kappa shape index (κ2) is 53.7. The summed E-state index contributed by atoms with van der Waals surface area (Å²) in [6.07, 6.45) is 3.61. The smallest absolute Gasteiger partial charge is 0.344 e. The Hall–Kier alpha value is -4.36. The van der Waals surface area contributed by atoms with Gasteiger partial charge in [0.25, 0.3) is 0 Å². The molecule has 19 nitrogen and oxygen atoms in total. The second-order valence-electron chi connectivity index (χ2n) is 12.4. The van der Waals surface area contributed by atoms with E-state index in [2.05, 4.69) is 63.4 Å². The zero-order valence-electron chi connectivity index (χ0n) is 42.2. The van der Waals surface area contributed by atoms with E-state index in [0.717, 1.165) is 12.8 Å². The van der Waals surface area contributed by atoms with E-state index in [1.54, 1.807) is 42.3 Å².